The van der Waals surface area contributed by atoms with Gasteiger partial charge in [-0.15, -0.1) is 0 Å². The molecule has 0 amide bonds. The summed E-state index contributed by atoms with van der Waals surface area (Å²) in [6.07, 6.45) is 4.15. The highest BCUT2D eigenvalue weighted by molar-refractivity contribution is 9.10. The van der Waals surface area contributed by atoms with Crippen molar-refractivity contribution in [1.29, 1.82) is 0 Å². The van der Waals surface area contributed by atoms with Gasteiger partial charge in [-0.05, 0) is 40.9 Å². The highest BCUT2D eigenvalue weighted by Crippen LogP contribution is 2.24. The normalized spacial score (nSPS) is 14.0. The molecule has 0 fully saturated rings. The molecule has 0 radical (unpaired) electrons. The summed E-state index contributed by atoms with van der Waals surface area (Å²) in [5.74, 6) is 0.762. The molecule has 2 heterocycles. The number of anilines is 1. The van der Waals surface area contributed by atoms with Crippen LogP contribution in [0.3, 0.4) is 0 Å². The third kappa shape index (κ3) is 3.13. The molecule has 114 valence electrons. The number of aliphatic hydroxyl groups is 1. The van der Waals surface area contributed by atoms with Gasteiger partial charge in [0.05, 0.1) is 16.3 Å². The first-order valence-electron chi connectivity index (χ1n) is 7.08. The van der Waals surface area contributed by atoms with E-state index in [0.717, 1.165) is 21.5 Å². The van der Waals surface area contributed by atoms with E-state index in [1.54, 1.807) is 10.7 Å². The van der Waals surface area contributed by atoms with Crippen molar-refractivity contribution < 1.29 is 5.11 Å². The third-order valence-electron chi connectivity index (χ3n) is 3.64. The molecule has 0 aliphatic rings. The molecule has 22 heavy (non-hydrogen) atoms. The number of nitrogens with one attached hydrogen (secondary N) is 1. The standard InChI is InChI=1S/C16H17BrN4O/c1-16(22,12-5-3-2-4-6-12)8-9-18-14-7-10-21-15(20-14)13(17)11-19-21/h2-7,10-11,22H,8-9H2,1H3,(H,18,20). The molecule has 0 bridgehead atoms. The molecule has 2 aromatic heterocycles. The monoisotopic (exact) mass is 360 g/mol. The van der Waals surface area contributed by atoms with Gasteiger partial charge in [0.25, 0.3) is 0 Å². The van der Waals surface area contributed by atoms with Crippen LogP contribution in [0.1, 0.15) is 18.9 Å². The van der Waals surface area contributed by atoms with Crippen LogP contribution in [-0.2, 0) is 5.60 Å². The van der Waals surface area contributed by atoms with Gasteiger partial charge in [-0.3, -0.25) is 0 Å². The summed E-state index contributed by atoms with van der Waals surface area (Å²) in [4.78, 5) is 4.49. The Hall–Kier alpha value is -1.92. The Kier molecular flexibility index (Phi) is 4.13. The van der Waals surface area contributed by atoms with Crippen LogP contribution in [0.25, 0.3) is 5.65 Å². The van der Waals surface area contributed by atoms with E-state index in [2.05, 4.69) is 31.3 Å². The van der Waals surface area contributed by atoms with Crippen molar-refractivity contribution >= 4 is 27.4 Å². The zero-order chi connectivity index (χ0) is 15.6. The molecular weight excluding hydrogens is 344 g/mol. The smallest absolute Gasteiger partial charge is 0.171 e. The minimum absolute atomic E-state index is 0.588. The Balaban J connectivity index is 1.65. The molecule has 0 saturated heterocycles. The largest absolute Gasteiger partial charge is 0.385 e. The van der Waals surface area contributed by atoms with E-state index in [0.29, 0.717) is 13.0 Å². The minimum atomic E-state index is -0.866. The quantitative estimate of drug-likeness (QED) is 0.733. The van der Waals surface area contributed by atoms with Crippen molar-refractivity contribution in [3.8, 4) is 0 Å². The second kappa shape index (κ2) is 6.06. The van der Waals surface area contributed by atoms with E-state index in [9.17, 15) is 5.11 Å². The maximum atomic E-state index is 10.6. The molecular formula is C16H17BrN4O. The first kappa shape index (κ1) is 15.0. The van der Waals surface area contributed by atoms with Crippen LogP contribution in [-0.4, -0.2) is 26.2 Å². The Morgan fingerprint density at radius 1 is 1.27 bits per heavy atom. The SMILES string of the molecule is CC(O)(CCNc1ccn2ncc(Br)c2n1)c1ccccc1. The second-order valence-electron chi connectivity index (χ2n) is 5.39. The van der Waals surface area contributed by atoms with Gasteiger partial charge in [0.2, 0.25) is 0 Å². The maximum absolute atomic E-state index is 10.6. The van der Waals surface area contributed by atoms with Gasteiger partial charge in [0, 0.05) is 12.7 Å². The first-order chi connectivity index (χ1) is 10.6. The van der Waals surface area contributed by atoms with E-state index in [4.69, 9.17) is 0 Å². The zero-order valence-corrected chi connectivity index (χ0v) is 13.8. The number of nitrogens with zero attached hydrogens (tertiary/aromatic N) is 3. The lowest BCUT2D eigenvalue weighted by atomic mass is 9.93. The topological polar surface area (TPSA) is 62.5 Å². The summed E-state index contributed by atoms with van der Waals surface area (Å²) in [6, 6.07) is 11.6. The van der Waals surface area contributed by atoms with Gasteiger partial charge < -0.3 is 10.4 Å². The fourth-order valence-electron chi connectivity index (χ4n) is 2.32. The van der Waals surface area contributed by atoms with Crippen molar-refractivity contribution in [3.63, 3.8) is 0 Å². The average Bonchev–Trinajstić information content (AvgIpc) is 2.89. The van der Waals surface area contributed by atoms with Crippen LogP contribution >= 0.6 is 15.9 Å². The third-order valence-corrected chi connectivity index (χ3v) is 4.20. The van der Waals surface area contributed by atoms with Gasteiger partial charge in [0.1, 0.15) is 5.82 Å². The van der Waals surface area contributed by atoms with E-state index in [-0.39, 0.29) is 0 Å². The Morgan fingerprint density at radius 3 is 2.82 bits per heavy atom. The maximum Gasteiger partial charge on any atom is 0.171 e. The second-order valence-corrected chi connectivity index (χ2v) is 6.24. The van der Waals surface area contributed by atoms with Crippen LogP contribution in [0, 0.1) is 0 Å². The van der Waals surface area contributed by atoms with Crippen LogP contribution < -0.4 is 5.32 Å². The lowest BCUT2D eigenvalue weighted by molar-refractivity contribution is 0.0515. The molecule has 0 spiro atoms. The van der Waals surface area contributed by atoms with Crippen molar-refractivity contribution in [3.05, 3.63) is 58.8 Å². The predicted octanol–water partition coefficient (Wildman–Crippen LogP) is 3.20. The summed E-state index contributed by atoms with van der Waals surface area (Å²) in [7, 11) is 0. The van der Waals surface area contributed by atoms with Crippen LogP contribution in [0.4, 0.5) is 5.82 Å². The summed E-state index contributed by atoms with van der Waals surface area (Å²) in [5, 5.41) is 18.0. The van der Waals surface area contributed by atoms with Gasteiger partial charge in [-0.25, -0.2) is 9.50 Å². The van der Waals surface area contributed by atoms with Gasteiger partial charge >= 0.3 is 0 Å². The highest BCUT2D eigenvalue weighted by atomic mass is 79.9. The molecule has 1 aromatic carbocycles. The molecule has 5 nitrogen and oxygen atoms in total. The number of aromatic nitrogens is 3. The minimum Gasteiger partial charge on any atom is -0.385 e. The number of benzene rings is 1. The molecule has 0 aliphatic heterocycles. The van der Waals surface area contributed by atoms with Crippen molar-refractivity contribution in [2.75, 3.05) is 11.9 Å². The first-order valence-corrected chi connectivity index (χ1v) is 7.87. The summed E-state index contributed by atoms with van der Waals surface area (Å²) in [6.45, 7) is 2.45. The molecule has 0 aliphatic carbocycles. The summed E-state index contributed by atoms with van der Waals surface area (Å²) in [5.41, 5.74) is 0.814. The van der Waals surface area contributed by atoms with Crippen molar-refractivity contribution in [2.45, 2.75) is 18.9 Å². The Bertz CT molecular complexity index is 770. The molecule has 0 saturated carbocycles. The van der Waals surface area contributed by atoms with Crippen molar-refractivity contribution in [1.82, 2.24) is 14.6 Å². The van der Waals surface area contributed by atoms with Gasteiger partial charge in [-0.1, -0.05) is 30.3 Å². The van der Waals surface area contributed by atoms with E-state index < -0.39 is 5.60 Å². The molecule has 3 aromatic rings. The van der Waals surface area contributed by atoms with Gasteiger partial charge in [0.15, 0.2) is 5.65 Å². The van der Waals surface area contributed by atoms with Crippen molar-refractivity contribution in [2.24, 2.45) is 0 Å². The number of hydrogen-bond donors (Lipinski definition) is 2. The van der Waals surface area contributed by atoms with E-state index in [1.165, 1.54) is 0 Å². The number of hydrogen-bond acceptors (Lipinski definition) is 4. The highest BCUT2D eigenvalue weighted by Gasteiger charge is 2.22. The lowest BCUT2D eigenvalue weighted by Gasteiger charge is -2.24. The summed E-state index contributed by atoms with van der Waals surface area (Å²) >= 11 is 3.42. The Morgan fingerprint density at radius 2 is 2.05 bits per heavy atom. The summed E-state index contributed by atoms with van der Waals surface area (Å²) < 4.78 is 2.56. The Labute approximate surface area is 137 Å². The van der Waals surface area contributed by atoms with Crippen LogP contribution in [0.2, 0.25) is 0 Å². The van der Waals surface area contributed by atoms with Crippen LogP contribution in [0.15, 0.2) is 53.3 Å². The van der Waals surface area contributed by atoms with E-state index >= 15 is 0 Å². The van der Waals surface area contributed by atoms with Crippen LogP contribution in [0.5, 0.6) is 0 Å². The average molecular weight is 361 g/mol. The fourth-order valence-corrected chi connectivity index (χ4v) is 2.68. The molecule has 1 atom stereocenters. The number of rotatable bonds is 5. The number of halogens is 1. The fraction of sp³-hybridized carbons (Fsp3) is 0.250. The molecule has 6 heteroatoms. The molecule has 3 rings (SSSR count). The zero-order valence-electron chi connectivity index (χ0n) is 12.2. The van der Waals surface area contributed by atoms with E-state index in [1.807, 2.05) is 49.5 Å². The number of fused-ring (bicyclic) bond motifs is 1. The lowest BCUT2D eigenvalue weighted by Crippen LogP contribution is -2.24. The van der Waals surface area contributed by atoms with Gasteiger partial charge in [-0.2, -0.15) is 5.10 Å². The molecule has 1 unspecified atom stereocenters. The molecule has 2 N–H and O–H groups in total. The predicted molar refractivity (Wildman–Crippen MR) is 89.8 cm³/mol.